The molecule has 2 aromatic carbocycles. The summed E-state index contributed by atoms with van der Waals surface area (Å²) in [6, 6.07) is 8.59. The van der Waals surface area contributed by atoms with E-state index in [-0.39, 0.29) is 16.5 Å². The van der Waals surface area contributed by atoms with Gasteiger partial charge in [-0.2, -0.15) is 0 Å². The highest BCUT2D eigenvalue weighted by Gasteiger charge is 2.25. The van der Waals surface area contributed by atoms with E-state index >= 15 is 0 Å². The van der Waals surface area contributed by atoms with E-state index in [4.69, 9.17) is 16.7 Å². The number of carboxylic acid groups (broad SMARTS) is 1. The molecule has 0 saturated heterocycles. The Balaban J connectivity index is 1.63. The average molecular weight is 398 g/mol. The van der Waals surface area contributed by atoms with Crippen LogP contribution >= 0.6 is 11.6 Å². The van der Waals surface area contributed by atoms with Crippen molar-refractivity contribution in [3.63, 3.8) is 0 Å². The molecule has 5 heteroatoms. The maximum atomic E-state index is 12.9. The number of carbonyl (C=O) groups is 2. The van der Waals surface area contributed by atoms with Crippen molar-refractivity contribution in [2.24, 2.45) is 0 Å². The molecule has 2 aliphatic rings. The predicted octanol–water partition coefficient (Wildman–Crippen LogP) is 5.83. The van der Waals surface area contributed by atoms with E-state index in [2.05, 4.69) is 17.4 Å². The number of carboxylic acids is 1. The molecule has 0 unspecified atom stereocenters. The molecule has 0 fully saturated rings. The molecule has 0 aliphatic heterocycles. The van der Waals surface area contributed by atoms with Gasteiger partial charge in [0.05, 0.1) is 10.6 Å². The van der Waals surface area contributed by atoms with Crippen molar-refractivity contribution in [2.45, 2.75) is 57.3 Å². The lowest BCUT2D eigenvalue weighted by molar-refractivity contribution is 0.0697. The monoisotopic (exact) mass is 397 g/mol. The molecule has 2 N–H and O–H groups in total. The van der Waals surface area contributed by atoms with Crippen molar-refractivity contribution in [2.75, 3.05) is 5.32 Å². The van der Waals surface area contributed by atoms with Gasteiger partial charge in [-0.3, -0.25) is 4.79 Å². The van der Waals surface area contributed by atoms with Crippen LogP contribution in [0.5, 0.6) is 0 Å². The number of hydrogen-bond donors (Lipinski definition) is 2. The summed E-state index contributed by atoms with van der Waals surface area (Å²) < 4.78 is 0. The van der Waals surface area contributed by atoms with Gasteiger partial charge in [-0.1, -0.05) is 24.4 Å². The number of amides is 1. The number of nitrogens with one attached hydrogen (secondary N) is 1. The first-order valence-corrected chi connectivity index (χ1v) is 10.4. The van der Waals surface area contributed by atoms with Crippen LogP contribution in [-0.4, -0.2) is 17.0 Å². The standard InChI is InChI=1S/C23H24ClNO3/c24-20-13-18(9-10-19(20)23(27)28)25-22(26)17-11-15-7-3-1-5-14-6-2-4-8-16(12-17)21(14)15/h9-14H,1-8H2,(H,25,26)(H,27,28). The van der Waals surface area contributed by atoms with Crippen molar-refractivity contribution in [1.82, 2.24) is 0 Å². The van der Waals surface area contributed by atoms with Gasteiger partial charge in [-0.25, -0.2) is 4.79 Å². The summed E-state index contributed by atoms with van der Waals surface area (Å²) in [7, 11) is 0. The maximum Gasteiger partial charge on any atom is 0.337 e. The summed E-state index contributed by atoms with van der Waals surface area (Å²) in [5, 5.41) is 12.1. The van der Waals surface area contributed by atoms with Crippen LogP contribution in [0, 0.1) is 0 Å². The second kappa shape index (κ2) is 7.96. The molecular weight excluding hydrogens is 374 g/mol. The normalized spacial score (nSPS) is 16.6. The highest BCUT2D eigenvalue weighted by molar-refractivity contribution is 6.33. The van der Waals surface area contributed by atoms with Gasteiger partial charge < -0.3 is 10.4 Å². The van der Waals surface area contributed by atoms with Crippen molar-refractivity contribution in [3.05, 3.63) is 63.2 Å². The topological polar surface area (TPSA) is 66.4 Å². The number of aryl methyl sites for hydroxylation is 2. The summed E-state index contributed by atoms with van der Waals surface area (Å²) in [5.74, 6) is -0.615. The van der Waals surface area contributed by atoms with Gasteiger partial charge in [-0.05, 0) is 91.5 Å². The Labute approximate surface area is 169 Å². The van der Waals surface area contributed by atoms with E-state index in [1.165, 1.54) is 67.3 Å². The van der Waals surface area contributed by atoms with Crippen LogP contribution in [0.3, 0.4) is 0 Å². The molecule has 4 nitrogen and oxygen atoms in total. The Bertz CT molecular complexity index is 904. The highest BCUT2D eigenvalue weighted by Crippen LogP contribution is 2.40. The zero-order valence-corrected chi connectivity index (χ0v) is 16.5. The number of benzene rings is 2. The number of hydrogen-bond acceptors (Lipinski definition) is 2. The third-order valence-electron chi connectivity index (χ3n) is 5.98. The Hall–Kier alpha value is -2.33. The van der Waals surface area contributed by atoms with Crippen molar-refractivity contribution >= 4 is 29.2 Å². The Morgan fingerprint density at radius 3 is 2.18 bits per heavy atom. The number of halogens is 1. The Morgan fingerprint density at radius 2 is 1.61 bits per heavy atom. The molecule has 2 aliphatic carbocycles. The van der Waals surface area contributed by atoms with Crippen LogP contribution in [0.15, 0.2) is 30.3 Å². The molecule has 146 valence electrons. The minimum Gasteiger partial charge on any atom is -0.478 e. The molecular formula is C23H24ClNO3. The smallest absolute Gasteiger partial charge is 0.337 e. The summed E-state index contributed by atoms with van der Waals surface area (Å²) in [6.45, 7) is 0. The van der Waals surface area contributed by atoms with Crippen LogP contribution in [0.1, 0.15) is 81.8 Å². The molecule has 0 heterocycles. The molecule has 1 amide bonds. The lowest BCUT2D eigenvalue weighted by Crippen LogP contribution is -2.14. The Morgan fingerprint density at radius 1 is 0.964 bits per heavy atom. The van der Waals surface area contributed by atoms with Gasteiger partial charge in [-0.15, -0.1) is 0 Å². The Kier molecular flexibility index (Phi) is 5.40. The third kappa shape index (κ3) is 3.79. The van der Waals surface area contributed by atoms with Gasteiger partial charge in [0.15, 0.2) is 0 Å². The van der Waals surface area contributed by atoms with Gasteiger partial charge in [0.25, 0.3) is 5.91 Å². The van der Waals surface area contributed by atoms with Gasteiger partial charge in [0.2, 0.25) is 0 Å². The third-order valence-corrected chi connectivity index (χ3v) is 6.29. The molecule has 2 aromatic rings. The van der Waals surface area contributed by atoms with Crippen molar-refractivity contribution < 1.29 is 14.7 Å². The molecule has 28 heavy (non-hydrogen) atoms. The van der Waals surface area contributed by atoms with E-state index in [0.717, 1.165) is 12.8 Å². The van der Waals surface area contributed by atoms with Crippen LogP contribution in [0.4, 0.5) is 5.69 Å². The van der Waals surface area contributed by atoms with Crippen molar-refractivity contribution in [1.29, 1.82) is 0 Å². The minimum atomic E-state index is -1.08. The van der Waals surface area contributed by atoms with Crippen LogP contribution in [0.25, 0.3) is 0 Å². The maximum absolute atomic E-state index is 12.9. The first kappa shape index (κ1) is 19.0. The zero-order chi connectivity index (χ0) is 19.7. The number of aromatic carboxylic acids is 1. The van der Waals surface area contributed by atoms with E-state index < -0.39 is 5.97 Å². The van der Waals surface area contributed by atoms with Crippen LogP contribution in [-0.2, 0) is 12.8 Å². The second-order valence-corrected chi connectivity index (χ2v) is 8.26. The molecule has 0 spiro atoms. The first-order chi connectivity index (χ1) is 13.5. The summed E-state index contributed by atoms with van der Waals surface area (Å²) in [6.07, 6.45) is 9.49. The van der Waals surface area contributed by atoms with E-state index in [1.54, 1.807) is 6.07 Å². The summed E-state index contributed by atoms with van der Waals surface area (Å²) in [4.78, 5) is 24.0. The largest absolute Gasteiger partial charge is 0.478 e. The zero-order valence-electron chi connectivity index (χ0n) is 15.8. The SMILES string of the molecule is O=C(Nc1ccc(C(=O)O)c(Cl)c1)c1cc2c3c(c1)CCCCC3CCCC2. The molecule has 0 bridgehead atoms. The second-order valence-electron chi connectivity index (χ2n) is 7.85. The number of carbonyl (C=O) groups excluding carboxylic acids is 1. The van der Waals surface area contributed by atoms with Crippen LogP contribution in [0.2, 0.25) is 5.02 Å². The first-order valence-electron chi connectivity index (χ1n) is 10.0. The van der Waals surface area contributed by atoms with Gasteiger partial charge >= 0.3 is 5.97 Å². The lowest BCUT2D eigenvalue weighted by Gasteiger charge is -2.20. The van der Waals surface area contributed by atoms with Crippen LogP contribution < -0.4 is 5.32 Å². The molecule has 0 saturated carbocycles. The summed E-state index contributed by atoms with van der Waals surface area (Å²) in [5.41, 5.74) is 5.39. The predicted molar refractivity (Wildman–Crippen MR) is 111 cm³/mol. The quantitative estimate of drug-likeness (QED) is 0.685. The number of rotatable bonds is 3. The van der Waals surface area contributed by atoms with E-state index in [9.17, 15) is 9.59 Å². The van der Waals surface area contributed by atoms with Gasteiger partial charge in [0, 0.05) is 11.3 Å². The molecule has 4 rings (SSSR count). The highest BCUT2D eigenvalue weighted by atomic mass is 35.5. The fourth-order valence-corrected chi connectivity index (χ4v) is 4.92. The van der Waals surface area contributed by atoms with E-state index in [0.29, 0.717) is 17.2 Å². The molecule has 0 radical (unpaired) electrons. The lowest BCUT2D eigenvalue weighted by atomic mass is 9.86. The van der Waals surface area contributed by atoms with E-state index in [1.807, 2.05) is 0 Å². The fourth-order valence-electron chi connectivity index (χ4n) is 4.66. The minimum absolute atomic E-state index is 0.0245. The molecule has 0 atom stereocenters. The number of anilines is 1. The molecule has 0 aromatic heterocycles. The summed E-state index contributed by atoms with van der Waals surface area (Å²) >= 11 is 6.02. The average Bonchev–Trinajstić information content (AvgIpc) is 2.99. The van der Waals surface area contributed by atoms with Crippen molar-refractivity contribution in [3.8, 4) is 0 Å². The fraction of sp³-hybridized carbons (Fsp3) is 0.391. The van der Waals surface area contributed by atoms with Gasteiger partial charge in [0.1, 0.15) is 0 Å².